The van der Waals surface area contributed by atoms with E-state index in [1.165, 1.54) is 16.5 Å². The van der Waals surface area contributed by atoms with Crippen LogP contribution in [-0.4, -0.2) is 0 Å². The van der Waals surface area contributed by atoms with Crippen LogP contribution in [0.3, 0.4) is 0 Å². The summed E-state index contributed by atoms with van der Waals surface area (Å²) in [6, 6.07) is 13.5. The van der Waals surface area contributed by atoms with Gasteiger partial charge in [-0.05, 0) is 41.3 Å². The predicted octanol–water partition coefficient (Wildman–Crippen LogP) is 4.82. The van der Waals surface area contributed by atoms with Crippen molar-refractivity contribution in [1.82, 2.24) is 0 Å². The monoisotopic (exact) mass is 275 g/mol. The second-order valence-electron chi connectivity index (χ2n) is 4.87. The molecule has 0 saturated carbocycles. The molecule has 19 heavy (non-hydrogen) atoms. The van der Waals surface area contributed by atoms with Gasteiger partial charge in [-0.3, -0.25) is 0 Å². The second kappa shape index (κ2) is 6.11. The molecule has 0 saturated heterocycles. The average molecular weight is 275 g/mol. The lowest BCUT2D eigenvalue weighted by molar-refractivity contribution is 0.631. The number of hydrogen-bond acceptors (Lipinski definition) is 2. The lowest BCUT2D eigenvalue weighted by Gasteiger charge is -2.07. The molecule has 2 aromatic carbocycles. The summed E-state index contributed by atoms with van der Waals surface area (Å²) in [7, 11) is 0. The van der Waals surface area contributed by atoms with Gasteiger partial charge in [0.15, 0.2) is 0 Å². The molecule has 0 heterocycles. The highest BCUT2D eigenvalue weighted by Crippen LogP contribution is 2.25. The first-order chi connectivity index (χ1) is 9.06. The van der Waals surface area contributed by atoms with Crippen LogP contribution in [0.25, 0.3) is 0 Å². The second-order valence-corrected chi connectivity index (χ2v) is 5.92. The third-order valence-corrected chi connectivity index (χ3v) is 4.10. The minimum absolute atomic E-state index is 0.204. The number of nitrogens with two attached hydrogens (primary N) is 1. The van der Waals surface area contributed by atoms with Crippen molar-refractivity contribution < 1.29 is 4.39 Å². The van der Waals surface area contributed by atoms with Gasteiger partial charge in [-0.1, -0.05) is 32.0 Å². The molecule has 2 aromatic rings. The van der Waals surface area contributed by atoms with Crippen molar-refractivity contribution in [2.24, 2.45) is 0 Å². The maximum Gasteiger partial charge on any atom is 0.146 e. The Bertz CT molecular complexity index is 549. The van der Waals surface area contributed by atoms with Crippen LogP contribution in [0.15, 0.2) is 47.4 Å². The SMILES string of the molecule is CC(C)c1ccc(SCc2ccc(N)c(F)c2)cc1. The molecule has 0 radical (unpaired) electrons. The molecule has 0 amide bonds. The fourth-order valence-electron chi connectivity index (χ4n) is 1.78. The number of benzene rings is 2. The van der Waals surface area contributed by atoms with Crippen LogP contribution in [0, 0.1) is 5.82 Å². The van der Waals surface area contributed by atoms with E-state index in [0.717, 1.165) is 11.3 Å². The maximum atomic E-state index is 13.3. The smallest absolute Gasteiger partial charge is 0.146 e. The Morgan fingerprint density at radius 1 is 1.11 bits per heavy atom. The first-order valence-electron chi connectivity index (χ1n) is 6.33. The van der Waals surface area contributed by atoms with Crippen LogP contribution in [0.1, 0.15) is 30.9 Å². The summed E-state index contributed by atoms with van der Waals surface area (Å²) >= 11 is 1.70. The third-order valence-electron chi connectivity index (χ3n) is 3.02. The van der Waals surface area contributed by atoms with Gasteiger partial charge in [-0.15, -0.1) is 11.8 Å². The average Bonchev–Trinajstić information content (AvgIpc) is 2.40. The Morgan fingerprint density at radius 3 is 2.37 bits per heavy atom. The maximum absolute atomic E-state index is 13.3. The van der Waals surface area contributed by atoms with E-state index in [2.05, 4.69) is 38.1 Å². The predicted molar refractivity (Wildman–Crippen MR) is 80.9 cm³/mol. The molecule has 0 aromatic heterocycles. The highest BCUT2D eigenvalue weighted by molar-refractivity contribution is 7.98. The Labute approximate surface area is 118 Å². The highest BCUT2D eigenvalue weighted by Gasteiger charge is 2.02. The molecule has 1 nitrogen and oxygen atoms in total. The molecular weight excluding hydrogens is 257 g/mol. The minimum atomic E-state index is -0.340. The number of hydrogen-bond donors (Lipinski definition) is 1. The molecule has 0 bridgehead atoms. The summed E-state index contributed by atoms with van der Waals surface area (Å²) in [6.07, 6.45) is 0. The van der Waals surface area contributed by atoms with Crippen LogP contribution in [0.4, 0.5) is 10.1 Å². The molecular formula is C16H18FNS. The number of nitrogen functional groups attached to an aromatic ring is 1. The van der Waals surface area contributed by atoms with Crippen molar-refractivity contribution in [1.29, 1.82) is 0 Å². The van der Waals surface area contributed by atoms with Crippen molar-refractivity contribution in [3.8, 4) is 0 Å². The fourth-order valence-corrected chi connectivity index (χ4v) is 2.62. The Balaban J connectivity index is 2.00. The lowest BCUT2D eigenvalue weighted by Crippen LogP contribution is -1.91. The molecule has 0 spiro atoms. The molecule has 100 valence electrons. The first-order valence-corrected chi connectivity index (χ1v) is 7.31. The summed E-state index contributed by atoms with van der Waals surface area (Å²) < 4.78 is 13.3. The summed E-state index contributed by atoms with van der Waals surface area (Å²) in [5.74, 6) is 0.955. The van der Waals surface area contributed by atoms with Crippen LogP contribution in [-0.2, 0) is 5.75 Å². The van der Waals surface area contributed by atoms with Crippen LogP contribution in [0.2, 0.25) is 0 Å². The van der Waals surface area contributed by atoms with Crippen molar-refractivity contribution in [3.63, 3.8) is 0 Å². The van der Waals surface area contributed by atoms with Crippen LogP contribution in [0.5, 0.6) is 0 Å². The summed E-state index contributed by atoms with van der Waals surface area (Å²) in [4.78, 5) is 1.20. The van der Waals surface area contributed by atoms with Crippen LogP contribution < -0.4 is 5.73 Å². The summed E-state index contributed by atoms with van der Waals surface area (Å²) in [5, 5.41) is 0. The first kappa shape index (κ1) is 13.9. The van der Waals surface area contributed by atoms with Crippen molar-refractivity contribution >= 4 is 17.4 Å². The van der Waals surface area contributed by atoms with E-state index in [9.17, 15) is 4.39 Å². The molecule has 0 unspecified atom stereocenters. The zero-order valence-electron chi connectivity index (χ0n) is 11.2. The van der Waals surface area contributed by atoms with Gasteiger partial charge in [0.05, 0.1) is 5.69 Å². The minimum Gasteiger partial charge on any atom is -0.396 e. The molecule has 2 N–H and O–H groups in total. The highest BCUT2D eigenvalue weighted by atomic mass is 32.2. The number of anilines is 1. The van der Waals surface area contributed by atoms with E-state index in [0.29, 0.717) is 5.92 Å². The zero-order valence-corrected chi connectivity index (χ0v) is 12.0. The van der Waals surface area contributed by atoms with Crippen LogP contribution >= 0.6 is 11.8 Å². The van der Waals surface area contributed by atoms with E-state index >= 15 is 0 Å². The fraction of sp³-hybridized carbons (Fsp3) is 0.250. The lowest BCUT2D eigenvalue weighted by atomic mass is 10.0. The van der Waals surface area contributed by atoms with Gasteiger partial charge >= 0.3 is 0 Å². The van der Waals surface area contributed by atoms with Crippen molar-refractivity contribution in [2.75, 3.05) is 5.73 Å². The van der Waals surface area contributed by atoms with E-state index in [1.54, 1.807) is 17.8 Å². The molecule has 3 heteroatoms. The molecule has 0 atom stereocenters. The van der Waals surface area contributed by atoms with E-state index in [-0.39, 0.29) is 11.5 Å². The van der Waals surface area contributed by atoms with Gasteiger partial charge in [-0.2, -0.15) is 0 Å². The molecule has 0 aliphatic heterocycles. The number of rotatable bonds is 4. The largest absolute Gasteiger partial charge is 0.396 e. The van der Waals surface area contributed by atoms with Gasteiger partial charge in [0.1, 0.15) is 5.82 Å². The third kappa shape index (κ3) is 3.74. The molecule has 0 fully saturated rings. The topological polar surface area (TPSA) is 26.0 Å². The quantitative estimate of drug-likeness (QED) is 0.639. The molecule has 2 rings (SSSR count). The summed E-state index contributed by atoms with van der Waals surface area (Å²) in [6.45, 7) is 4.36. The van der Waals surface area contributed by atoms with Crippen molar-refractivity contribution in [2.45, 2.75) is 30.4 Å². The molecule has 0 aliphatic rings. The van der Waals surface area contributed by atoms with E-state index in [1.807, 2.05) is 6.07 Å². The normalized spacial score (nSPS) is 10.9. The van der Waals surface area contributed by atoms with Gasteiger partial charge in [0.25, 0.3) is 0 Å². The van der Waals surface area contributed by atoms with E-state index < -0.39 is 0 Å². The van der Waals surface area contributed by atoms with Gasteiger partial charge in [0.2, 0.25) is 0 Å². The Morgan fingerprint density at radius 2 is 1.79 bits per heavy atom. The molecule has 0 aliphatic carbocycles. The Kier molecular flexibility index (Phi) is 4.48. The standard InChI is InChI=1S/C16H18FNS/c1-11(2)13-4-6-14(7-5-13)19-10-12-3-8-16(18)15(17)9-12/h3-9,11H,10,18H2,1-2H3. The van der Waals surface area contributed by atoms with Gasteiger partial charge in [-0.25, -0.2) is 4.39 Å². The van der Waals surface area contributed by atoms with Gasteiger partial charge in [0, 0.05) is 10.6 Å². The Hall–Kier alpha value is -1.48. The number of thioether (sulfide) groups is 1. The van der Waals surface area contributed by atoms with Crippen molar-refractivity contribution in [3.05, 3.63) is 59.4 Å². The number of halogens is 1. The van der Waals surface area contributed by atoms with E-state index in [4.69, 9.17) is 5.73 Å². The summed E-state index contributed by atoms with van der Waals surface area (Å²) in [5.41, 5.74) is 7.95. The van der Waals surface area contributed by atoms with Gasteiger partial charge < -0.3 is 5.73 Å². The zero-order chi connectivity index (χ0) is 13.8.